The van der Waals surface area contributed by atoms with Gasteiger partial charge >= 0.3 is 11.9 Å². The topological polar surface area (TPSA) is 111 Å². The second-order valence-corrected chi connectivity index (χ2v) is 5.35. The third kappa shape index (κ3) is 5.74. The minimum absolute atomic E-state index is 0.220. The highest BCUT2D eigenvalue weighted by molar-refractivity contribution is 6.04. The van der Waals surface area contributed by atoms with E-state index in [1.807, 2.05) is 0 Å². The maximum atomic E-state index is 12.4. The molecule has 0 bridgehead atoms. The molecule has 2 aromatic carbocycles. The standard InChI is InChI=1S/C19H19NO7/c1-3-18(23)27-15-9-4-12(10-16(15)25-2)19(24)20-13-5-7-14(8-6-13)26-11-17(21)22/h4-10H,3,11H2,1-2H3,(H,20,24)(H,21,22). The normalized spacial score (nSPS) is 10.0. The molecule has 0 unspecified atom stereocenters. The number of amides is 1. The molecule has 0 aromatic heterocycles. The molecule has 0 aliphatic rings. The Hall–Kier alpha value is -3.55. The third-order valence-corrected chi connectivity index (χ3v) is 3.41. The molecular weight excluding hydrogens is 354 g/mol. The number of aliphatic carboxylic acids is 1. The van der Waals surface area contributed by atoms with Gasteiger partial charge in [-0.1, -0.05) is 6.92 Å². The molecule has 0 heterocycles. The number of anilines is 1. The van der Waals surface area contributed by atoms with Crippen molar-refractivity contribution in [3.05, 3.63) is 48.0 Å². The molecule has 0 aliphatic heterocycles. The molecule has 2 rings (SSSR count). The highest BCUT2D eigenvalue weighted by Crippen LogP contribution is 2.29. The largest absolute Gasteiger partial charge is 0.493 e. The van der Waals surface area contributed by atoms with E-state index in [0.29, 0.717) is 17.0 Å². The molecule has 8 nitrogen and oxygen atoms in total. The first kappa shape index (κ1) is 19.8. The monoisotopic (exact) mass is 373 g/mol. The minimum atomic E-state index is -1.07. The second kappa shape index (κ2) is 9.23. The molecule has 2 aromatic rings. The van der Waals surface area contributed by atoms with Crippen molar-refractivity contribution in [1.82, 2.24) is 0 Å². The molecular formula is C19H19NO7. The van der Waals surface area contributed by atoms with E-state index in [1.165, 1.54) is 25.3 Å². The predicted molar refractivity (Wildman–Crippen MR) is 96.4 cm³/mol. The lowest BCUT2D eigenvalue weighted by Crippen LogP contribution is -2.13. The van der Waals surface area contributed by atoms with Crippen molar-refractivity contribution in [3.63, 3.8) is 0 Å². The number of carbonyl (C=O) groups excluding carboxylic acids is 2. The van der Waals surface area contributed by atoms with Crippen LogP contribution in [0.5, 0.6) is 17.2 Å². The van der Waals surface area contributed by atoms with Crippen LogP contribution in [-0.4, -0.2) is 36.7 Å². The van der Waals surface area contributed by atoms with Crippen molar-refractivity contribution in [3.8, 4) is 17.2 Å². The van der Waals surface area contributed by atoms with Crippen LogP contribution in [0.25, 0.3) is 0 Å². The third-order valence-electron chi connectivity index (χ3n) is 3.41. The maximum Gasteiger partial charge on any atom is 0.341 e. The van der Waals surface area contributed by atoms with Crippen molar-refractivity contribution in [2.24, 2.45) is 0 Å². The van der Waals surface area contributed by atoms with E-state index in [1.54, 1.807) is 31.2 Å². The summed E-state index contributed by atoms with van der Waals surface area (Å²) in [6, 6.07) is 10.7. The number of carbonyl (C=O) groups is 3. The Morgan fingerprint density at radius 2 is 1.74 bits per heavy atom. The maximum absolute atomic E-state index is 12.4. The smallest absolute Gasteiger partial charge is 0.341 e. The number of rotatable bonds is 8. The fraction of sp³-hybridized carbons (Fsp3) is 0.211. The number of ether oxygens (including phenoxy) is 3. The lowest BCUT2D eigenvalue weighted by Gasteiger charge is -2.11. The fourth-order valence-electron chi connectivity index (χ4n) is 2.07. The number of carboxylic acid groups (broad SMARTS) is 1. The molecule has 0 aliphatic carbocycles. The summed E-state index contributed by atoms with van der Waals surface area (Å²) in [5.74, 6) is -0.993. The summed E-state index contributed by atoms with van der Waals surface area (Å²) in [6.45, 7) is 1.23. The van der Waals surface area contributed by atoms with Gasteiger partial charge in [-0.05, 0) is 42.5 Å². The van der Waals surface area contributed by atoms with Gasteiger partial charge in [-0.2, -0.15) is 0 Å². The van der Waals surface area contributed by atoms with Crippen LogP contribution in [0.15, 0.2) is 42.5 Å². The number of hydrogen-bond donors (Lipinski definition) is 2. The van der Waals surface area contributed by atoms with Crippen LogP contribution in [0, 0.1) is 0 Å². The summed E-state index contributed by atoms with van der Waals surface area (Å²) in [6.07, 6.45) is 0.220. The number of esters is 1. The van der Waals surface area contributed by atoms with Gasteiger partial charge in [0.15, 0.2) is 18.1 Å². The van der Waals surface area contributed by atoms with Gasteiger partial charge < -0.3 is 24.6 Å². The van der Waals surface area contributed by atoms with Gasteiger partial charge in [-0.3, -0.25) is 9.59 Å². The zero-order valence-corrected chi connectivity index (χ0v) is 14.9. The van der Waals surface area contributed by atoms with Crippen molar-refractivity contribution in [2.75, 3.05) is 19.0 Å². The van der Waals surface area contributed by atoms with E-state index < -0.39 is 18.5 Å². The van der Waals surface area contributed by atoms with Crippen LogP contribution in [0.1, 0.15) is 23.7 Å². The van der Waals surface area contributed by atoms with Crippen molar-refractivity contribution >= 4 is 23.5 Å². The van der Waals surface area contributed by atoms with Crippen molar-refractivity contribution in [1.29, 1.82) is 0 Å². The van der Waals surface area contributed by atoms with E-state index in [2.05, 4.69) is 5.32 Å². The van der Waals surface area contributed by atoms with Gasteiger partial charge in [0, 0.05) is 17.7 Å². The summed E-state index contributed by atoms with van der Waals surface area (Å²) in [5.41, 5.74) is 0.817. The summed E-state index contributed by atoms with van der Waals surface area (Å²) in [7, 11) is 1.41. The van der Waals surface area contributed by atoms with Crippen LogP contribution in [0.3, 0.4) is 0 Å². The summed E-state index contributed by atoms with van der Waals surface area (Å²) >= 11 is 0. The lowest BCUT2D eigenvalue weighted by atomic mass is 10.1. The van der Waals surface area contributed by atoms with E-state index in [-0.39, 0.29) is 23.8 Å². The van der Waals surface area contributed by atoms with Crippen LogP contribution in [0.2, 0.25) is 0 Å². The molecule has 0 spiro atoms. The second-order valence-electron chi connectivity index (χ2n) is 5.35. The van der Waals surface area contributed by atoms with Crippen molar-refractivity contribution < 1.29 is 33.7 Å². The highest BCUT2D eigenvalue weighted by Gasteiger charge is 2.13. The van der Waals surface area contributed by atoms with E-state index >= 15 is 0 Å². The van der Waals surface area contributed by atoms with Crippen molar-refractivity contribution in [2.45, 2.75) is 13.3 Å². The Bertz CT molecular complexity index is 830. The summed E-state index contributed by atoms with van der Waals surface area (Å²) in [5, 5.41) is 11.3. The first-order valence-electron chi connectivity index (χ1n) is 8.07. The fourth-order valence-corrected chi connectivity index (χ4v) is 2.07. The lowest BCUT2D eigenvalue weighted by molar-refractivity contribution is -0.139. The summed E-state index contributed by atoms with van der Waals surface area (Å²) in [4.78, 5) is 34.3. The molecule has 0 saturated carbocycles. The highest BCUT2D eigenvalue weighted by atomic mass is 16.6. The molecule has 0 saturated heterocycles. The van der Waals surface area contributed by atoms with Gasteiger partial charge in [0.2, 0.25) is 0 Å². The number of nitrogens with one attached hydrogen (secondary N) is 1. The first-order valence-corrected chi connectivity index (χ1v) is 8.07. The van der Waals surface area contributed by atoms with Gasteiger partial charge in [0.1, 0.15) is 5.75 Å². The van der Waals surface area contributed by atoms with E-state index in [4.69, 9.17) is 19.3 Å². The molecule has 1 amide bonds. The predicted octanol–water partition coefficient (Wildman–Crippen LogP) is 2.73. The molecule has 8 heteroatoms. The van der Waals surface area contributed by atoms with Crippen LogP contribution in [0.4, 0.5) is 5.69 Å². The van der Waals surface area contributed by atoms with Crippen LogP contribution in [-0.2, 0) is 9.59 Å². The zero-order valence-electron chi connectivity index (χ0n) is 14.9. The molecule has 0 radical (unpaired) electrons. The van der Waals surface area contributed by atoms with Gasteiger partial charge in [-0.25, -0.2) is 4.79 Å². The Morgan fingerprint density at radius 1 is 1.04 bits per heavy atom. The van der Waals surface area contributed by atoms with Gasteiger partial charge in [0.05, 0.1) is 7.11 Å². The molecule has 27 heavy (non-hydrogen) atoms. The van der Waals surface area contributed by atoms with E-state index in [9.17, 15) is 14.4 Å². The Morgan fingerprint density at radius 3 is 2.33 bits per heavy atom. The number of benzene rings is 2. The Kier molecular flexibility index (Phi) is 6.76. The Balaban J connectivity index is 2.06. The minimum Gasteiger partial charge on any atom is -0.493 e. The zero-order chi connectivity index (χ0) is 19.8. The van der Waals surface area contributed by atoms with Crippen LogP contribution >= 0.6 is 0 Å². The van der Waals surface area contributed by atoms with Gasteiger partial charge in [-0.15, -0.1) is 0 Å². The number of hydrogen-bond acceptors (Lipinski definition) is 6. The molecule has 0 fully saturated rings. The van der Waals surface area contributed by atoms with Crippen LogP contribution < -0.4 is 19.5 Å². The molecule has 2 N–H and O–H groups in total. The summed E-state index contributed by atoms with van der Waals surface area (Å²) < 4.78 is 15.3. The average molecular weight is 373 g/mol. The molecule has 0 atom stereocenters. The number of carboxylic acids is 1. The molecule has 142 valence electrons. The quantitative estimate of drug-likeness (QED) is 0.540. The average Bonchev–Trinajstić information content (AvgIpc) is 2.67. The van der Waals surface area contributed by atoms with E-state index in [0.717, 1.165) is 0 Å². The number of methoxy groups -OCH3 is 1. The van der Waals surface area contributed by atoms with Gasteiger partial charge in [0.25, 0.3) is 5.91 Å². The Labute approximate surface area is 155 Å². The first-order chi connectivity index (χ1) is 12.9. The SMILES string of the molecule is CCC(=O)Oc1ccc(C(=O)Nc2ccc(OCC(=O)O)cc2)cc1OC.